The third kappa shape index (κ3) is 4.67. The van der Waals surface area contributed by atoms with Gasteiger partial charge in [0.1, 0.15) is 5.75 Å². The zero-order chi connectivity index (χ0) is 15.5. The number of benzene rings is 1. The van der Waals surface area contributed by atoms with Gasteiger partial charge in [-0.15, -0.1) is 24.5 Å². The number of anilines is 1. The topological polar surface area (TPSA) is 64.4 Å². The van der Waals surface area contributed by atoms with E-state index in [9.17, 15) is 18.0 Å². The van der Waals surface area contributed by atoms with E-state index in [-0.39, 0.29) is 5.75 Å². The Hall–Kier alpha value is -2.22. The second-order valence-corrected chi connectivity index (χ2v) is 5.09. The van der Waals surface area contributed by atoms with Crippen molar-refractivity contribution in [3.05, 3.63) is 46.2 Å². The van der Waals surface area contributed by atoms with Crippen molar-refractivity contribution >= 4 is 22.9 Å². The van der Waals surface area contributed by atoms with Gasteiger partial charge in [0.25, 0.3) is 0 Å². The highest BCUT2D eigenvalue weighted by Crippen LogP contribution is 2.25. The molecular weight excluding hydrogens is 305 g/mol. The van der Waals surface area contributed by atoms with E-state index in [4.69, 9.17) is 5.73 Å². The minimum absolute atomic E-state index is 0.295. The molecule has 1 aromatic heterocycles. The van der Waals surface area contributed by atoms with Crippen LogP contribution in [-0.2, 0) is 6.54 Å². The van der Waals surface area contributed by atoms with Crippen LogP contribution in [0.2, 0.25) is 0 Å². The van der Waals surface area contributed by atoms with Gasteiger partial charge in [-0.3, -0.25) is 4.79 Å². The van der Waals surface area contributed by atoms with Crippen LogP contribution in [0.15, 0.2) is 35.7 Å². The molecule has 2 rings (SSSR count). The van der Waals surface area contributed by atoms with E-state index in [1.807, 2.05) is 0 Å². The van der Waals surface area contributed by atoms with E-state index in [2.05, 4.69) is 10.1 Å². The fraction of sp³-hybridized carbons (Fsp3) is 0.154. The number of carbonyl (C=O) groups is 1. The van der Waals surface area contributed by atoms with E-state index in [1.165, 1.54) is 29.5 Å². The highest BCUT2D eigenvalue weighted by Gasteiger charge is 2.31. The first kappa shape index (κ1) is 15.2. The summed E-state index contributed by atoms with van der Waals surface area (Å²) in [7, 11) is 0. The van der Waals surface area contributed by atoms with Gasteiger partial charge >= 0.3 is 6.36 Å². The zero-order valence-electron chi connectivity index (χ0n) is 10.6. The molecule has 0 spiro atoms. The number of halogens is 3. The van der Waals surface area contributed by atoms with Crippen LogP contribution in [0.4, 0.5) is 18.9 Å². The smallest absolute Gasteiger partial charge is 0.406 e. The van der Waals surface area contributed by atoms with E-state index < -0.39 is 12.3 Å². The third-order valence-electron chi connectivity index (χ3n) is 2.47. The maximum absolute atomic E-state index is 12.1. The molecule has 0 aliphatic carbocycles. The van der Waals surface area contributed by atoms with Crippen LogP contribution >= 0.6 is 11.3 Å². The van der Waals surface area contributed by atoms with E-state index in [1.54, 1.807) is 17.5 Å². The van der Waals surface area contributed by atoms with Crippen molar-refractivity contribution in [2.45, 2.75) is 12.9 Å². The van der Waals surface area contributed by atoms with Crippen molar-refractivity contribution < 1.29 is 22.7 Å². The molecule has 112 valence electrons. The Morgan fingerprint density at radius 2 is 2.10 bits per heavy atom. The van der Waals surface area contributed by atoms with E-state index in [0.717, 1.165) is 4.88 Å². The van der Waals surface area contributed by atoms with Crippen LogP contribution in [0.1, 0.15) is 15.2 Å². The Balaban J connectivity index is 1.99. The molecule has 0 saturated heterocycles. The normalized spacial score (nSPS) is 11.2. The minimum Gasteiger partial charge on any atom is -0.406 e. The predicted octanol–water partition coefficient (Wildman–Crippen LogP) is 3.36. The summed E-state index contributed by atoms with van der Waals surface area (Å²) in [6, 6.07) is 7.17. The number of primary amides is 1. The number of hydrogen-bond donors (Lipinski definition) is 2. The quantitative estimate of drug-likeness (QED) is 0.889. The average Bonchev–Trinajstić information content (AvgIpc) is 2.83. The second-order valence-electron chi connectivity index (χ2n) is 4.10. The first-order valence-corrected chi connectivity index (χ1v) is 6.68. The Kier molecular flexibility index (Phi) is 4.37. The summed E-state index contributed by atoms with van der Waals surface area (Å²) < 4.78 is 40.2. The number of rotatable bonds is 5. The van der Waals surface area contributed by atoms with Gasteiger partial charge in [-0.25, -0.2) is 0 Å². The van der Waals surface area contributed by atoms with Crippen LogP contribution in [0, 0.1) is 0 Å². The number of amides is 1. The van der Waals surface area contributed by atoms with Crippen LogP contribution in [0.3, 0.4) is 0 Å². The molecule has 0 fully saturated rings. The molecule has 21 heavy (non-hydrogen) atoms. The van der Waals surface area contributed by atoms with E-state index in [0.29, 0.717) is 17.8 Å². The first-order chi connectivity index (χ1) is 9.83. The van der Waals surface area contributed by atoms with Gasteiger partial charge in [0.15, 0.2) is 0 Å². The second kappa shape index (κ2) is 6.04. The lowest BCUT2D eigenvalue weighted by Crippen LogP contribution is -2.17. The van der Waals surface area contributed by atoms with Crippen LogP contribution in [0.5, 0.6) is 5.75 Å². The van der Waals surface area contributed by atoms with Crippen molar-refractivity contribution in [1.29, 1.82) is 0 Å². The zero-order valence-corrected chi connectivity index (χ0v) is 11.4. The number of alkyl halides is 3. The van der Waals surface area contributed by atoms with Gasteiger partial charge < -0.3 is 15.8 Å². The number of carbonyl (C=O) groups excluding carboxylic acids is 1. The lowest BCUT2D eigenvalue weighted by molar-refractivity contribution is -0.274. The predicted molar refractivity (Wildman–Crippen MR) is 73.3 cm³/mol. The van der Waals surface area contributed by atoms with Gasteiger partial charge in [0.2, 0.25) is 5.91 Å². The summed E-state index contributed by atoms with van der Waals surface area (Å²) in [6.07, 6.45) is -4.72. The molecule has 0 atom stereocenters. The van der Waals surface area contributed by atoms with Gasteiger partial charge in [-0.1, -0.05) is 6.07 Å². The van der Waals surface area contributed by atoms with Crippen LogP contribution in [0.25, 0.3) is 0 Å². The standard InChI is InChI=1S/C13H11F3N2O2S/c14-13(15,16)20-10-3-1-2-9(5-10)18-6-11-4-8(7-21-11)12(17)19/h1-5,7,18H,6H2,(H2,17,19). The maximum Gasteiger partial charge on any atom is 0.573 e. The first-order valence-electron chi connectivity index (χ1n) is 5.80. The van der Waals surface area contributed by atoms with Crippen molar-refractivity contribution in [2.24, 2.45) is 5.73 Å². The lowest BCUT2D eigenvalue weighted by atomic mass is 10.3. The van der Waals surface area contributed by atoms with Crippen molar-refractivity contribution in [2.75, 3.05) is 5.32 Å². The number of nitrogens with two attached hydrogens (primary N) is 1. The highest BCUT2D eigenvalue weighted by molar-refractivity contribution is 7.10. The third-order valence-corrected chi connectivity index (χ3v) is 3.41. The highest BCUT2D eigenvalue weighted by atomic mass is 32.1. The molecule has 0 aliphatic heterocycles. The summed E-state index contributed by atoms with van der Waals surface area (Å²) in [5.74, 6) is -0.811. The Labute approximate surface area is 122 Å². The molecule has 1 aromatic carbocycles. The average molecular weight is 316 g/mol. The number of nitrogens with one attached hydrogen (secondary N) is 1. The summed E-state index contributed by atoms with van der Waals surface area (Å²) in [5, 5.41) is 4.58. The molecule has 8 heteroatoms. The van der Waals surface area contributed by atoms with E-state index >= 15 is 0 Å². The molecule has 1 heterocycles. The van der Waals surface area contributed by atoms with Crippen molar-refractivity contribution in [3.8, 4) is 5.75 Å². The molecule has 2 aromatic rings. The number of hydrogen-bond acceptors (Lipinski definition) is 4. The molecule has 1 amide bonds. The maximum atomic E-state index is 12.1. The molecule has 0 radical (unpaired) electrons. The lowest BCUT2D eigenvalue weighted by Gasteiger charge is -2.10. The largest absolute Gasteiger partial charge is 0.573 e. The molecular formula is C13H11F3N2O2S. The fourth-order valence-electron chi connectivity index (χ4n) is 1.59. The van der Waals surface area contributed by atoms with Crippen LogP contribution < -0.4 is 15.8 Å². The summed E-state index contributed by atoms with van der Waals surface area (Å²) in [5.41, 5.74) is 6.02. The molecule has 0 aliphatic rings. The molecule has 0 unspecified atom stereocenters. The summed E-state index contributed by atoms with van der Waals surface area (Å²) >= 11 is 1.34. The fourth-order valence-corrected chi connectivity index (χ4v) is 2.41. The Bertz CT molecular complexity index is 640. The Morgan fingerprint density at radius 3 is 2.71 bits per heavy atom. The summed E-state index contributed by atoms with van der Waals surface area (Å²) in [6.45, 7) is 0.368. The van der Waals surface area contributed by atoms with Gasteiger partial charge in [0.05, 0.1) is 5.56 Å². The SMILES string of the molecule is NC(=O)c1csc(CNc2cccc(OC(F)(F)F)c2)c1. The molecule has 0 bridgehead atoms. The monoisotopic (exact) mass is 316 g/mol. The molecule has 3 N–H and O–H groups in total. The molecule has 0 saturated carbocycles. The van der Waals surface area contributed by atoms with Crippen LogP contribution in [-0.4, -0.2) is 12.3 Å². The van der Waals surface area contributed by atoms with Crippen molar-refractivity contribution in [3.63, 3.8) is 0 Å². The molecule has 4 nitrogen and oxygen atoms in total. The van der Waals surface area contributed by atoms with Gasteiger partial charge in [-0.05, 0) is 18.2 Å². The minimum atomic E-state index is -4.72. The van der Waals surface area contributed by atoms with Gasteiger partial charge in [0, 0.05) is 28.6 Å². The number of ether oxygens (including phenoxy) is 1. The van der Waals surface area contributed by atoms with Gasteiger partial charge in [-0.2, -0.15) is 0 Å². The van der Waals surface area contributed by atoms with Crippen molar-refractivity contribution in [1.82, 2.24) is 0 Å². The Morgan fingerprint density at radius 1 is 1.33 bits per heavy atom. The number of thiophene rings is 1. The summed E-state index contributed by atoms with van der Waals surface area (Å²) in [4.78, 5) is 11.8.